The largest absolute Gasteiger partial charge is 0.411 e. The summed E-state index contributed by atoms with van der Waals surface area (Å²) < 4.78 is 6.35. The molecule has 0 radical (unpaired) electrons. The van der Waals surface area contributed by atoms with Crippen molar-refractivity contribution < 1.29 is 4.43 Å². The monoisotopic (exact) mass is 266 g/mol. The van der Waals surface area contributed by atoms with Crippen molar-refractivity contribution in [3.8, 4) is 12.3 Å². The molecule has 0 heterocycles. The highest BCUT2D eigenvalue weighted by Gasteiger charge is 2.31. The molecular formula is C16H30OSi. The maximum absolute atomic E-state index is 6.35. The summed E-state index contributed by atoms with van der Waals surface area (Å²) in [6.07, 6.45) is 15.8. The third-order valence-electron chi connectivity index (χ3n) is 3.83. The van der Waals surface area contributed by atoms with Crippen molar-refractivity contribution in [2.75, 3.05) is 0 Å². The Kier molecular flexibility index (Phi) is 5.94. The van der Waals surface area contributed by atoms with E-state index < -0.39 is 8.32 Å². The zero-order valence-corrected chi connectivity index (χ0v) is 13.7. The van der Waals surface area contributed by atoms with Gasteiger partial charge in [0.25, 0.3) is 0 Å². The molecule has 1 saturated carbocycles. The molecule has 0 aromatic heterocycles. The first-order valence-electron chi connectivity index (χ1n) is 7.48. The zero-order valence-electron chi connectivity index (χ0n) is 12.7. The van der Waals surface area contributed by atoms with Crippen LogP contribution in [0.1, 0.15) is 58.3 Å². The molecule has 0 N–H and O–H groups in total. The van der Waals surface area contributed by atoms with Gasteiger partial charge in [0.15, 0.2) is 8.32 Å². The fourth-order valence-corrected chi connectivity index (χ4v) is 4.77. The average molecular weight is 267 g/mol. The highest BCUT2D eigenvalue weighted by atomic mass is 28.4. The number of hydrogen-bond acceptors (Lipinski definition) is 1. The standard InChI is InChI=1S/C16H30OSi/c1-6-13-16(2,17-18(3,4)5)14-12-15-10-8-7-9-11-15/h1,15H,7-14H2,2-5H3/t16-/m0/s1. The van der Waals surface area contributed by atoms with Gasteiger partial charge < -0.3 is 4.43 Å². The summed E-state index contributed by atoms with van der Waals surface area (Å²) in [4.78, 5) is 0. The van der Waals surface area contributed by atoms with E-state index in [9.17, 15) is 0 Å². The van der Waals surface area contributed by atoms with E-state index in [1.54, 1.807) is 0 Å². The van der Waals surface area contributed by atoms with Crippen LogP contribution in [-0.4, -0.2) is 13.9 Å². The second kappa shape index (κ2) is 6.77. The third-order valence-corrected chi connectivity index (χ3v) is 4.94. The van der Waals surface area contributed by atoms with Crippen molar-refractivity contribution >= 4 is 8.32 Å². The molecule has 1 aliphatic carbocycles. The van der Waals surface area contributed by atoms with Crippen molar-refractivity contribution in [2.24, 2.45) is 5.92 Å². The van der Waals surface area contributed by atoms with E-state index in [2.05, 4.69) is 32.5 Å². The molecule has 0 aromatic rings. The lowest BCUT2D eigenvalue weighted by molar-refractivity contribution is 0.0663. The Hall–Kier alpha value is -0.263. The minimum Gasteiger partial charge on any atom is -0.411 e. The van der Waals surface area contributed by atoms with E-state index >= 15 is 0 Å². The Morgan fingerprint density at radius 2 is 1.83 bits per heavy atom. The van der Waals surface area contributed by atoms with Crippen LogP contribution in [0.5, 0.6) is 0 Å². The maximum atomic E-state index is 6.35. The van der Waals surface area contributed by atoms with Crippen molar-refractivity contribution in [3.05, 3.63) is 0 Å². The van der Waals surface area contributed by atoms with Gasteiger partial charge in [-0.3, -0.25) is 0 Å². The van der Waals surface area contributed by atoms with E-state index in [0.717, 1.165) is 18.8 Å². The normalized spacial score (nSPS) is 21.3. The zero-order chi connectivity index (χ0) is 13.6. The molecule has 0 unspecified atom stereocenters. The lowest BCUT2D eigenvalue weighted by Gasteiger charge is -2.36. The molecule has 1 nitrogen and oxygen atoms in total. The van der Waals surface area contributed by atoms with Gasteiger partial charge in [-0.2, -0.15) is 0 Å². The predicted octanol–water partition coefficient (Wildman–Crippen LogP) is 4.98. The molecule has 0 amide bonds. The Morgan fingerprint density at radius 3 is 2.33 bits per heavy atom. The molecule has 1 fully saturated rings. The number of rotatable bonds is 6. The molecular weight excluding hydrogens is 236 g/mol. The first-order chi connectivity index (χ1) is 8.35. The van der Waals surface area contributed by atoms with Crippen LogP contribution in [-0.2, 0) is 4.43 Å². The summed E-state index contributed by atoms with van der Waals surface area (Å²) >= 11 is 0. The predicted molar refractivity (Wildman–Crippen MR) is 82.1 cm³/mol. The summed E-state index contributed by atoms with van der Waals surface area (Å²) in [5, 5.41) is 0. The number of hydrogen-bond donors (Lipinski definition) is 0. The topological polar surface area (TPSA) is 9.23 Å². The summed E-state index contributed by atoms with van der Waals surface area (Å²) in [5.74, 6) is 3.73. The van der Waals surface area contributed by atoms with Crippen LogP contribution in [0.3, 0.4) is 0 Å². The van der Waals surface area contributed by atoms with E-state index in [1.165, 1.54) is 38.5 Å². The van der Waals surface area contributed by atoms with Crippen molar-refractivity contribution in [1.29, 1.82) is 0 Å². The highest BCUT2D eigenvalue weighted by molar-refractivity contribution is 6.69. The first-order valence-corrected chi connectivity index (χ1v) is 10.9. The van der Waals surface area contributed by atoms with Crippen LogP contribution in [0.4, 0.5) is 0 Å². The molecule has 0 spiro atoms. The average Bonchev–Trinajstić information content (AvgIpc) is 2.26. The van der Waals surface area contributed by atoms with E-state index in [1.807, 2.05) is 0 Å². The molecule has 0 aliphatic heterocycles. The van der Waals surface area contributed by atoms with Gasteiger partial charge in [-0.25, -0.2) is 0 Å². The Labute approximate surface area is 115 Å². The second-order valence-electron chi connectivity index (χ2n) is 7.09. The Balaban J connectivity index is 2.48. The van der Waals surface area contributed by atoms with Crippen LogP contribution in [0.2, 0.25) is 19.6 Å². The van der Waals surface area contributed by atoms with Crippen LogP contribution in [0.25, 0.3) is 0 Å². The van der Waals surface area contributed by atoms with E-state index in [-0.39, 0.29) is 5.60 Å². The van der Waals surface area contributed by atoms with E-state index in [4.69, 9.17) is 10.8 Å². The SMILES string of the molecule is C#CC[C@@](C)(CCC1CCCCC1)O[Si](C)(C)C. The van der Waals surface area contributed by atoms with Crippen LogP contribution in [0, 0.1) is 18.3 Å². The molecule has 2 heteroatoms. The summed E-state index contributed by atoms with van der Waals surface area (Å²) in [6, 6.07) is 0. The van der Waals surface area contributed by atoms with Gasteiger partial charge >= 0.3 is 0 Å². The molecule has 18 heavy (non-hydrogen) atoms. The quantitative estimate of drug-likeness (QED) is 0.486. The van der Waals surface area contributed by atoms with Gasteiger partial charge in [-0.05, 0) is 45.3 Å². The lowest BCUT2D eigenvalue weighted by atomic mass is 9.83. The van der Waals surface area contributed by atoms with Gasteiger partial charge in [0.1, 0.15) is 0 Å². The maximum Gasteiger partial charge on any atom is 0.184 e. The molecule has 1 aliphatic rings. The van der Waals surface area contributed by atoms with Gasteiger partial charge in [-0.15, -0.1) is 12.3 Å². The minimum absolute atomic E-state index is 0.0866. The van der Waals surface area contributed by atoms with Crippen molar-refractivity contribution in [3.63, 3.8) is 0 Å². The molecule has 0 saturated heterocycles. The highest BCUT2D eigenvalue weighted by Crippen LogP contribution is 2.33. The summed E-state index contributed by atoms with van der Waals surface area (Å²) in [7, 11) is -1.51. The van der Waals surface area contributed by atoms with Gasteiger partial charge in [0.2, 0.25) is 0 Å². The fraction of sp³-hybridized carbons (Fsp3) is 0.875. The fourth-order valence-electron chi connectivity index (χ4n) is 3.12. The summed E-state index contributed by atoms with van der Waals surface area (Å²) in [5.41, 5.74) is -0.0866. The van der Waals surface area contributed by atoms with Crippen LogP contribution >= 0.6 is 0 Å². The van der Waals surface area contributed by atoms with E-state index in [0.29, 0.717) is 0 Å². The molecule has 1 atom stereocenters. The molecule has 0 bridgehead atoms. The first kappa shape index (κ1) is 15.8. The van der Waals surface area contributed by atoms with Crippen molar-refractivity contribution in [2.45, 2.75) is 83.5 Å². The molecule has 104 valence electrons. The smallest absolute Gasteiger partial charge is 0.184 e. The van der Waals surface area contributed by atoms with Crippen LogP contribution in [0.15, 0.2) is 0 Å². The van der Waals surface area contributed by atoms with Crippen molar-refractivity contribution in [1.82, 2.24) is 0 Å². The third kappa shape index (κ3) is 6.07. The lowest BCUT2D eigenvalue weighted by Crippen LogP contribution is -2.40. The molecule has 1 rings (SSSR count). The molecule has 0 aromatic carbocycles. The summed E-state index contributed by atoms with van der Waals surface area (Å²) in [6.45, 7) is 8.97. The second-order valence-corrected chi connectivity index (χ2v) is 11.5. The Morgan fingerprint density at radius 1 is 1.22 bits per heavy atom. The van der Waals surface area contributed by atoms with Gasteiger partial charge in [-0.1, -0.05) is 32.1 Å². The van der Waals surface area contributed by atoms with Gasteiger partial charge in [0, 0.05) is 6.42 Å². The van der Waals surface area contributed by atoms with Gasteiger partial charge in [0.05, 0.1) is 5.60 Å². The van der Waals surface area contributed by atoms with Crippen LogP contribution < -0.4 is 0 Å². The minimum atomic E-state index is -1.51. The number of terminal acetylenes is 1. The Bertz CT molecular complexity index is 280.